The number of carbonyl (C=O) groups excluding carboxylic acids is 2. The maximum atomic E-state index is 12.7. The number of likely N-dealkylation sites (tertiary alicyclic amines) is 1. The van der Waals surface area contributed by atoms with Crippen LogP contribution in [0.1, 0.15) is 28.8 Å². The molecule has 2 amide bonds. The topological polar surface area (TPSA) is 96.4 Å². The minimum atomic E-state index is -1.10. The number of nitriles is 1. The summed E-state index contributed by atoms with van der Waals surface area (Å²) in [4.78, 5) is 26.0. The molecule has 1 saturated heterocycles. The average molecular weight is 287 g/mol. The van der Waals surface area contributed by atoms with Gasteiger partial charge in [0.15, 0.2) is 0 Å². The first-order valence-electron chi connectivity index (χ1n) is 6.66. The zero-order valence-electron chi connectivity index (χ0n) is 11.8. The molecule has 0 spiro atoms. The maximum absolute atomic E-state index is 12.7. The summed E-state index contributed by atoms with van der Waals surface area (Å²) in [7, 11) is 1.47. The van der Waals surface area contributed by atoms with Crippen molar-refractivity contribution >= 4 is 11.8 Å². The lowest BCUT2D eigenvalue weighted by Crippen LogP contribution is -2.58. The molecule has 1 aliphatic heterocycles. The maximum Gasteiger partial charge on any atom is 0.254 e. The summed E-state index contributed by atoms with van der Waals surface area (Å²) in [6.07, 6.45) is 1.18. The molecule has 6 nitrogen and oxygen atoms in total. The fraction of sp³-hybridized carbons (Fsp3) is 0.400. The van der Waals surface area contributed by atoms with Gasteiger partial charge in [0.1, 0.15) is 5.54 Å². The monoisotopic (exact) mass is 287 g/mol. The Morgan fingerprint density at radius 1 is 1.52 bits per heavy atom. The Hall–Kier alpha value is -2.39. The van der Waals surface area contributed by atoms with Crippen LogP contribution in [0, 0.1) is 11.3 Å². The normalized spacial score (nSPS) is 21.0. The molecule has 6 heteroatoms. The van der Waals surface area contributed by atoms with E-state index in [2.05, 4.69) is 0 Å². The highest BCUT2D eigenvalue weighted by Gasteiger charge is 2.48. The second kappa shape index (κ2) is 5.94. The molecule has 2 rings (SSSR count). The molecule has 0 bridgehead atoms. The zero-order chi connectivity index (χ0) is 15.5. The summed E-state index contributed by atoms with van der Waals surface area (Å²) >= 11 is 0. The van der Waals surface area contributed by atoms with E-state index in [-0.39, 0.29) is 12.5 Å². The molecule has 0 radical (unpaired) electrons. The molecule has 0 aliphatic carbocycles. The van der Waals surface area contributed by atoms with E-state index in [9.17, 15) is 9.59 Å². The molecule has 1 atom stereocenters. The number of carbonyl (C=O) groups is 2. The Balaban J connectivity index is 2.36. The first-order valence-corrected chi connectivity index (χ1v) is 6.66. The fourth-order valence-electron chi connectivity index (χ4n) is 2.77. The van der Waals surface area contributed by atoms with Crippen LogP contribution < -0.4 is 5.73 Å². The van der Waals surface area contributed by atoms with Crippen molar-refractivity contribution < 1.29 is 14.3 Å². The van der Waals surface area contributed by atoms with Crippen LogP contribution in [0.15, 0.2) is 24.3 Å². The van der Waals surface area contributed by atoms with E-state index in [1.54, 1.807) is 18.2 Å². The molecular formula is C15H17N3O3. The Kier molecular flexibility index (Phi) is 4.24. The number of ether oxygens (including phenoxy) is 1. The predicted molar refractivity (Wildman–Crippen MR) is 75.2 cm³/mol. The van der Waals surface area contributed by atoms with Gasteiger partial charge in [0.05, 0.1) is 18.2 Å². The van der Waals surface area contributed by atoms with Gasteiger partial charge >= 0.3 is 0 Å². The summed E-state index contributed by atoms with van der Waals surface area (Å²) in [6, 6.07) is 8.40. The molecule has 0 aromatic heterocycles. The van der Waals surface area contributed by atoms with Gasteiger partial charge in [-0.25, -0.2) is 0 Å². The number of hydrogen-bond donors (Lipinski definition) is 1. The Morgan fingerprint density at radius 3 is 2.90 bits per heavy atom. The largest absolute Gasteiger partial charge is 0.382 e. The van der Waals surface area contributed by atoms with E-state index < -0.39 is 11.4 Å². The fourth-order valence-corrected chi connectivity index (χ4v) is 2.77. The molecule has 1 fully saturated rings. The van der Waals surface area contributed by atoms with Gasteiger partial charge in [-0.2, -0.15) is 5.26 Å². The van der Waals surface area contributed by atoms with Crippen molar-refractivity contribution in [3.8, 4) is 6.07 Å². The molecule has 110 valence electrons. The van der Waals surface area contributed by atoms with E-state index >= 15 is 0 Å². The van der Waals surface area contributed by atoms with E-state index in [1.165, 1.54) is 18.1 Å². The third kappa shape index (κ3) is 2.60. The highest BCUT2D eigenvalue weighted by atomic mass is 16.5. The van der Waals surface area contributed by atoms with Crippen molar-refractivity contribution in [2.24, 2.45) is 5.73 Å². The molecule has 0 saturated carbocycles. The second-order valence-corrected chi connectivity index (χ2v) is 5.08. The molecular weight excluding hydrogens is 270 g/mol. The third-order valence-electron chi connectivity index (χ3n) is 3.81. The van der Waals surface area contributed by atoms with Gasteiger partial charge in [-0.05, 0) is 31.0 Å². The zero-order valence-corrected chi connectivity index (χ0v) is 11.8. The number of rotatable bonds is 4. The lowest BCUT2D eigenvalue weighted by molar-refractivity contribution is -0.130. The average Bonchev–Trinajstić information content (AvgIpc) is 2.92. The van der Waals surface area contributed by atoms with E-state index in [4.69, 9.17) is 15.7 Å². The lowest BCUT2D eigenvalue weighted by atomic mass is 9.95. The summed E-state index contributed by atoms with van der Waals surface area (Å²) < 4.78 is 5.10. The van der Waals surface area contributed by atoms with Crippen LogP contribution >= 0.6 is 0 Å². The Morgan fingerprint density at radius 2 is 2.29 bits per heavy atom. The summed E-state index contributed by atoms with van der Waals surface area (Å²) in [5, 5.41) is 8.92. The summed E-state index contributed by atoms with van der Waals surface area (Å²) in [5.41, 5.74) is 5.19. The van der Waals surface area contributed by atoms with E-state index in [1.807, 2.05) is 6.07 Å². The van der Waals surface area contributed by atoms with Gasteiger partial charge in [0.25, 0.3) is 5.91 Å². The van der Waals surface area contributed by atoms with Gasteiger partial charge in [-0.1, -0.05) is 6.07 Å². The van der Waals surface area contributed by atoms with Crippen molar-refractivity contribution in [3.63, 3.8) is 0 Å². The van der Waals surface area contributed by atoms with Gasteiger partial charge in [0.2, 0.25) is 5.91 Å². The van der Waals surface area contributed by atoms with Crippen LogP contribution in [0.2, 0.25) is 0 Å². The first-order chi connectivity index (χ1) is 10.0. The summed E-state index contributed by atoms with van der Waals surface area (Å²) in [6.45, 7) is 0.522. The van der Waals surface area contributed by atoms with Crippen molar-refractivity contribution in [1.82, 2.24) is 4.90 Å². The van der Waals surface area contributed by atoms with Crippen LogP contribution in [0.3, 0.4) is 0 Å². The van der Waals surface area contributed by atoms with Gasteiger partial charge in [-0.3, -0.25) is 9.59 Å². The quantitative estimate of drug-likeness (QED) is 0.880. The highest BCUT2D eigenvalue weighted by molar-refractivity contribution is 5.99. The van der Waals surface area contributed by atoms with Crippen LogP contribution in [0.4, 0.5) is 0 Å². The van der Waals surface area contributed by atoms with Crippen molar-refractivity contribution in [3.05, 3.63) is 35.4 Å². The Labute approximate surface area is 123 Å². The predicted octanol–water partition coefficient (Wildman–Crippen LogP) is 0.665. The number of nitrogens with two attached hydrogens (primary N) is 1. The van der Waals surface area contributed by atoms with E-state index in [0.29, 0.717) is 30.5 Å². The highest BCUT2D eigenvalue weighted by Crippen LogP contribution is 2.31. The SMILES string of the molecule is COCC1(C(N)=O)CCCN1C(=O)c1cccc(C#N)c1. The number of primary amides is 1. The standard InChI is InChI=1S/C15H17N3O3/c1-21-10-15(14(17)20)6-3-7-18(15)13(19)12-5-2-4-11(8-12)9-16/h2,4-5,8H,3,6-7,10H2,1H3,(H2,17,20). The molecule has 1 heterocycles. The van der Waals surface area contributed by atoms with E-state index in [0.717, 1.165) is 0 Å². The van der Waals surface area contributed by atoms with Crippen molar-refractivity contribution in [2.75, 3.05) is 20.3 Å². The van der Waals surface area contributed by atoms with Gasteiger partial charge in [0, 0.05) is 19.2 Å². The minimum absolute atomic E-state index is 0.0754. The molecule has 1 unspecified atom stereocenters. The summed E-state index contributed by atoms with van der Waals surface area (Å²) in [5.74, 6) is -0.868. The van der Waals surface area contributed by atoms with Crippen molar-refractivity contribution in [1.29, 1.82) is 5.26 Å². The van der Waals surface area contributed by atoms with Crippen LogP contribution in [0.5, 0.6) is 0 Å². The van der Waals surface area contributed by atoms with Gasteiger partial charge in [-0.15, -0.1) is 0 Å². The number of methoxy groups -OCH3 is 1. The van der Waals surface area contributed by atoms with Crippen LogP contribution in [-0.4, -0.2) is 42.5 Å². The first kappa shape index (κ1) is 15.0. The number of amides is 2. The Bertz CT molecular complexity index is 608. The molecule has 21 heavy (non-hydrogen) atoms. The smallest absolute Gasteiger partial charge is 0.254 e. The number of hydrogen-bond acceptors (Lipinski definition) is 4. The van der Waals surface area contributed by atoms with Crippen LogP contribution in [0.25, 0.3) is 0 Å². The lowest BCUT2D eigenvalue weighted by Gasteiger charge is -2.35. The van der Waals surface area contributed by atoms with Crippen LogP contribution in [-0.2, 0) is 9.53 Å². The van der Waals surface area contributed by atoms with Crippen molar-refractivity contribution in [2.45, 2.75) is 18.4 Å². The number of nitrogens with zero attached hydrogens (tertiary/aromatic N) is 2. The third-order valence-corrected chi connectivity index (χ3v) is 3.81. The molecule has 1 aromatic rings. The van der Waals surface area contributed by atoms with Gasteiger partial charge < -0.3 is 15.4 Å². The molecule has 2 N–H and O–H groups in total. The molecule has 1 aromatic carbocycles. The minimum Gasteiger partial charge on any atom is -0.382 e. The number of benzene rings is 1. The molecule has 1 aliphatic rings. The second-order valence-electron chi connectivity index (χ2n) is 5.08.